The number of ether oxygens (including phenoxy) is 1. The molecule has 1 aromatic heterocycles. The monoisotopic (exact) mass is 262 g/mol. The van der Waals surface area contributed by atoms with Crippen LogP contribution in [0, 0.1) is 11.3 Å². The van der Waals surface area contributed by atoms with Gasteiger partial charge in [-0.3, -0.25) is 0 Å². The number of para-hydroxylation sites is 2. The lowest BCUT2D eigenvalue weighted by atomic mass is 10.2. The fourth-order valence-electron chi connectivity index (χ4n) is 1.78. The van der Waals surface area contributed by atoms with Gasteiger partial charge in [0.05, 0.1) is 22.7 Å². The number of nitrogen functional groups attached to an aromatic ring is 1. The van der Waals surface area contributed by atoms with Crippen molar-refractivity contribution < 1.29 is 4.74 Å². The molecule has 96 valence electrons. The van der Waals surface area contributed by atoms with Crippen LogP contribution in [0.3, 0.4) is 0 Å². The van der Waals surface area contributed by atoms with E-state index in [9.17, 15) is 0 Å². The minimum Gasteiger partial charge on any atom is -0.436 e. The first-order valence-corrected chi connectivity index (χ1v) is 5.96. The molecule has 0 saturated heterocycles. The predicted octanol–water partition coefficient (Wildman–Crippen LogP) is 2.88. The molecular weight excluding hydrogens is 252 g/mol. The SMILES string of the molecule is N#Cc1ccc(Oc2nc3ccccc3nc2N)cc1. The van der Waals surface area contributed by atoms with Crippen molar-refractivity contribution in [2.45, 2.75) is 0 Å². The van der Waals surface area contributed by atoms with Gasteiger partial charge in [-0.2, -0.15) is 5.26 Å². The topological polar surface area (TPSA) is 84.8 Å². The third-order valence-corrected chi connectivity index (χ3v) is 2.76. The first-order valence-electron chi connectivity index (χ1n) is 5.96. The van der Waals surface area contributed by atoms with Gasteiger partial charge in [-0.1, -0.05) is 12.1 Å². The Kier molecular flexibility index (Phi) is 2.90. The summed E-state index contributed by atoms with van der Waals surface area (Å²) in [7, 11) is 0. The van der Waals surface area contributed by atoms with E-state index in [4.69, 9.17) is 15.7 Å². The number of hydrogen-bond acceptors (Lipinski definition) is 5. The van der Waals surface area contributed by atoms with Gasteiger partial charge in [-0.15, -0.1) is 0 Å². The molecule has 3 aromatic rings. The Morgan fingerprint density at radius 2 is 1.60 bits per heavy atom. The van der Waals surface area contributed by atoms with Crippen LogP contribution in [0.2, 0.25) is 0 Å². The zero-order chi connectivity index (χ0) is 13.9. The van der Waals surface area contributed by atoms with Gasteiger partial charge in [-0.25, -0.2) is 9.97 Å². The van der Waals surface area contributed by atoms with Crippen molar-refractivity contribution in [3.8, 4) is 17.7 Å². The highest BCUT2D eigenvalue weighted by atomic mass is 16.5. The van der Waals surface area contributed by atoms with E-state index in [1.807, 2.05) is 30.3 Å². The molecule has 3 rings (SSSR count). The van der Waals surface area contributed by atoms with Crippen LogP contribution >= 0.6 is 0 Å². The highest BCUT2D eigenvalue weighted by Gasteiger charge is 2.08. The number of nitrogens with two attached hydrogens (primary N) is 1. The number of nitrogens with zero attached hydrogens (tertiary/aromatic N) is 3. The average molecular weight is 262 g/mol. The molecule has 0 fully saturated rings. The number of benzene rings is 2. The summed E-state index contributed by atoms with van der Waals surface area (Å²) >= 11 is 0. The van der Waals surface area contributed by atoms with Crippen LogP contribution in [0.1, 0.15) is 5.56 Å². The second-order valence-corrected chi connectivity index (χ2v) is 4.14. The summed E-state index contributed by atoms with van der Waals surface area (Å²) < 4.78 is 5.61. The predicted molar refractivity (Wildman–Crippen MR) is 75.2 cm³/mol. The molecule has 5 heteroatoms. The first kappa shape index (κ1) is 11.9. The molecular formula is C15H10N4O. The number of fused-ring (bicyclic) bond motifs is 1. The standard InChI is InChI=1S/C15H10N4O/c16-9-10-5-7-11(8-6-10)20-15-14(17)18-12-3-1-2-4-13(12)19-15/h1-8H,(H2,17,18). The van der Waals surface area contributed by atoms with Crippen LogP contribution < -0.4 is 10.5 Å². The molecule has 0 spiro atoms. The van der Waals surface area contributed by atoms with Gasteiger partial charge in [0.15, 0.2) is 5.82 Å². The molecule has 0 amide bonds. The summed E-state index contributed by atoms with van der Waals surface area (Å²) in [5, 5.41) is 8.75. The lowest BCUT2D eigenvalue weighted by Crippen LogP contribution is -1.99. The van der Waals surface area contributed by atoms with Crippen LogP contribution in [0.15, 0.2) is 48.5 Å². The van der Waals surface area contributed by atoms with Crippen molar-refractivity contribution in [1.29, 1.82) is 5.26 Å². The smallest absolute Gasteiger partial charge is 0.263 e. The van der Waals surface area contributed by atoms with Gasteiger partial charge in [0.25, 0.3) is 5.88 Å². The maximum Gasteiger partial charge on any atom is 0.263 e. The van der Waals surface area contributed by atoms with E-state index in [0.29, 0.717) is 16.8 Å². The number of anilines is 1. The highest BCUT2D eigenvalue weighted by Crippen LogP contribution is 2.26. The molecule has 0 saturated carbocycles. The average Bonchev–Trinajstić information content (AvgIpc) is 2.49. The Balaban J connectivity index is 1.97. The third-order valence-electron chi connectivity index (χ3n) is 2.76. The summed E-state index contributed by atoms with van der Waals surface area (Å²) in [5.74, 6) is 1.04. The van der Waals surface area contributed by atoms with E-state index in [0.717, 1.165) is 5.52 Å². The molecule has 2 N–H and O–H groups in total. The largest absolute Gasteiger partial charge is 0.436 e. The number of hydrogen-bond donors (Lipinski definition) is 1. The van der Waals surface area contributed by atoms with Crippen molar-refractivity contribution in [1.82, 2.24) is 9.97 Å². The van der Waals surface area contributed by atoms with E-state index in [1.165, 1.54) is 0 Å². The van der Waals surface area contributed by atoms with Gasteiger partial charge >= 0.3 is 0 Å². The summed E-state index contributed by atoms with van der Waals surface area (Å²) in [6, 6.07) is 16.2. The Morgan fingerprint density at radius 1 is 0.950 bits per heavy atom. The Morgan fingerprint density at radius 3 is 2.25 bits per heavy atom. The van der Waals surface area contributed by atoms with Crippen LogP contribution in [-0.2, 0) is 0 Å². The van der Waals surface area contributed by atoms with Gasteiger partial charge in [0.1, 0.15) is 5.75 Å². The van der Waals surface area contributed by atoms with E-state index in [2.05, 4.69) is 9.97 Å². The lowest BCUT2D eigenvalue weighted by molar-refractivity contribution is 0.465. The summed E-state index contributed by atoms with van der Waals surface area (Å²) in [4.78, 5) is 8.58. The molecule has 0 bridgehead atoms. The number of aromatic nitrogens is 2. The molecule has 0 aliphatic carbocycles. The van der Waals surface area contributed by atoms with Crippen molar-refractivity contribution >= 4 is 16.9 Å². The van der Waals surface area contributed by atoms with Crippen LogP contribution in [0.25, 0.3) is 11.0 Å². The molecule has 0 aliphatic rings. The van der Waals surface area contributed by atoms with E-state index >= 15 is 0 Å². The minimum absolute atomic E-state index is 0.230. The van der Waals surface area contributed by atoms with Crippen molar-refractivity contribution in [2.24, 2.45) is 0 Å². The van der Waals surface area contributed by atoms with Crippen molar-refractivity contribution in [3.63, 3.8) is 0 Å². The van der Waals surface area contributed by atoms with Gasteiger partial charge < -0.3 is 10.5 Å². The number of nitriles is 1. The van der Waals surface area contributed by atoms with Crippen LogP contribution in [0.5, 0.6) is 11.6 Å². The van der Waals surface area contributed by atoms with Crippen molar-refractivity contribution in [3.05, 3.63) is 54.1 Å². The molecule has 2 aromatic carbocycles. The summed E-state index contributed by atoms with van der Waals surface area (Å²) in [5.41, 5.74) is 7.84. The lowest BCUT2D eigenvalue weighted by Gasteiger charge is -2.07. The molecule has 20 heavy (non-hydrogen) atoms. The van der Waals surface area contributed by atoms with E-state index in [1.54, 1.807) is 24.3 Å². The van der Waals surface area contributed by atoms with E-state index in [-0.39, 0.29) is 11.7 Å². The second kappa shape index (κ2) is 4.86. The normalized spacial score (nSPS) is 10.2. The zero-order valence-corrected chi connectivity index (χ0v) is 10.4. The fraction of sp³-hybridized carbons (Fsp3) is 0. The molecule has 0 unspecified atom stereocenters. The van der Waals surface area contributed by atoms with Crippen molar-refractivity contribution in [2.75, 3.05) is 5.73 Å². The Labute approximate surface area is 115 Å². The van der Waals surface area contributed by atoms with Gasteiger partial charge in [0.2, 0.25) is 0 Å². The summed E-state index contributed by atoms with van der Waals surface area (Å²) in [6.45, 7) is 0. The molecule has 0 atom stereocenters. The number of rotatable bonds is 2. The molecule has 0 radical (unpaired) electrons. The fourth-order valence-corrected chi connectivity index (χ4v) is 1.78. The van der Waals surface area contributed by atoms with Crippen LogP contribution in [0.4, 0.5) is 5.82 Å². The van der Waals surface area contributed by atoms with Crippen LogP contribution in [-0.4, -0.2) is 9.97 Å². The zero-order valence-electron chi connectivity index (χ0n) is 10.4. The molecule has 0 aliphatic heterocycles. The Hall–Kier alpha value is -3.13. The van der Waals surface area contributed by atoms with Gasteiger partial charge in [0, 0.05) is 0 Å². The Bertz CT molecular complexity index is 806. The van der Waals surface area contributed by atoms with E-state index < -0.39 is 0 Å². The van der Waals surface area contributed by atoms with Gasteiger partial charge in [-0.05, 0) is 36.4 Å². The second-order valence-electron chi connectivity index (χ2n) is 4.14. The minimum atomic E-state index is 0.230. The molecule has 1 heterocycles. The maximum atomic E-state index is 8.75. The molecule has 5 nitrogen and oxygen atoms in total. The first-order chi connectivity index (χ1) is 9.76. The maximum absolute atomic E-state index is 8.75. The summed E-state index contributed by atoms with van der Waals surface area (Å²) in [6.07, 6.45) is 0. The third kappa shape index (κ3) is 2.22. The highest BCUT2D eigenvalue weighted by molar-refractivity contribution is 5.76. The quantitative estimate of drug-likeness (QED) is 0.767.